The van der Waals surface area contributed by atoms with E-state index in [0.717, 1.165) is 6.07 Å². The van der Waals surface area contributed by atoms with Crippen molar-refractivity contribution in [1.29, 1.82) is 0 Å². The molecule has 0 unspecified atom stereocenters. The van der Waals surface area contributed by atoms with Crippen LogP contribution in [0.25, 0.3) is 11.0 Å². The zero-order valence-electron chi connectivity index (χ0n) is 8.75. The second-order valence-corrected chi connectivity index (χ2v) is 3.50. The van der Waals surface area contributed by atoms with E-state index in [4.69, 9.17) is 5.73 Å². The fraction of sp³-hybridized carbons (Fsp3) is 0.0909. The average molecular weight is 257 g/mol. The first-order valence-electron chi connectivity index (χ1n) is 4.75. The third-order valence-corrected chi connectivity index (χ3v) is 2.34. The molecule has 0 fully saturated rings. The Morgan fingerprint density at radius 1 is 1.22 bits per heavy atom. The number of nitrogens with two attached hydrogens (primary N) is 1. The van der Waals surface area contributed by atoms with Crippen LogP contribution in [0.5, 0.6) is 0 Å². The number of alkyl halides is 3. The summed E-state index contributed by atoms with van der Waals surface area (Å²) in [6.07, 6.45) is -4.88. The largest absolute Gasteiger partial charge is 0.422 e. The van der Waals surface area contributed by atoms with Gasteiger partial charge in [-0.25, -0.2) is 4.79 Å². The van der Waals surface area contributed by atoms with Crippen molar-refractivity contribution in [2.75, 3.05) is 0 Å². The number of carbonyl (C=O) groups is 1. The highest BCUT2D eigenvalue weighted by molar-refractivity contribution is 5.98. The number of hydrogen-bond donors (Lipinski definition) is 1. The highest BCUT2D eigenvalue weighted by atomic mass is 19.4. The number of amides is 1. The minimum Gasteiger partial charge on any atom is -0.422 e. The summed E-state index contributed by atoms with van der Waals surface area (Å²) in [6, 6.07) is 5.06. The summed E-state index contributed by atoms with van der Waals surface area (Å²) < 4.78 is 43.4. The van der Waals surface area contributed by atoms with E-state index in [1.165, 1.54) is 18.2 Å². The Morgan fingerprint density at radius 2 is 1.83 bits per heavy atom. The van der Waals surface area contributed by atoms with Gasteiger partial charge in [0.2, 0.25) is 0 Å². The van der Waals surface area contributed by atoms with Crippen LogP contribution in [0.15, 0.2) is 33.5 Å². The van der Waals surface area contributed by atoms with Gasteiger partial charge in [-0.1, -0.05) is 18.2 Å². The van der Waals surface area contributed by atoms with Gasteiger partial charge in [0.1, 0.15) is 11.1 Å². The van der Waals surface area contributed by atoms with Crippen molar-refractivity contribution in [2.24, 2.45) is 5.73 Å². The van der Waals surface area contributed by atoms with Crippen molar-refractivity contribution in [2.45, 2.75) is 6.18 Å². The Hall–Kier alpha value is -2.31. The smallest absolute Gasteiger partial charge is 0.418 e. The minimum atomic E-state index is -4.88. The molecule has 0 atom stereocenters. The van der Waals surface area contributed by atoms with E-state index < -0.39 is 28.8 Å². The number of halogens is 3. The Balaban J connectivity index is 3.04. The fourth-order valence-electron chi connectivity index (χ4n) is 1.67. The van der Waals surface area contributed by atoms with Gasteiger partial charge in [0.05, 0.1) is 5.56 Å². The maximum Gasteiger partial charge on any atom is 0.418 e. The molecule has 1 amide bonds. The van der Waals surface area contributed by atoms with E-state index in [1.54, 1.807) is 0 Å². The molecule has 94 valence electrons. The molecule has 18 heavy (non-hydrogen) atoms. The van der Waals surface area contributed by atoms with Crippen LogP contribution >= 0.6 is 0 Å². The van der Waals surface area contributed by atoms with Gasteiger partial charge in [-0.3, -0.25) is 4.79 Å². The molecule has 4 nitrogen and oxygen atoms in total. The first-order valence-corrected chi connectivity index (χ1v) is 4.75. The molecule has 0 spiro atoms. The van der Waals surface area contributed by atoms with E-state index in [0.29, 0.717) is 0 Å². The Morgan fingerprint density at radius 3 is 2.39 bits per heavy atom. The molecular formula is C11H6F3NO3. The third kappa shape index (κ3) is 1.83. The number of rotatable bonds is 1. The van der Waals surface area contributed by atoms with E-state index in [1.807, 2.05) is 0 Å². The van der Waals surface area contributed by atoms with Crippen molar-refractivity contribution in [3.05, 3.63) is 45.8 Å². The molecule has 0 aliphatic carbocycles. The van der Waals surface area contributed by atoms with Gasteiger partial charge in [0, 0.05) is 5.39 Å². The lowest BCUT2D eigenvalue weighted by molar-refractivity contribution is -0.136. The molecule has 1 aromatic heterocycles. The molecule has 0 saturated heterocycles. The molecule has 0 aliphatic heterocycles. The Kier molecular flexibility index (Phi) is 2.61. The van der Waals surface area contributed by atoms with Crippen LogP contribution in [-0.4, -0.2) is 5.91 Å². The summed E-state index contributed by atoms with van der Waals surface area (Å²) in [5, 5.41) is -0.376. The Bertz CT molecular complexity index is 688. The lowest BCUT2D eigenvalue weighted by Gasteiger charge is -2.12. The number of primary amides is 1. The number of hydrogen-bond acceptors (Lipinski definition) is 3. The van der Waals surface area contributed by atoms with Gasteiger partial charge in [0.15, 0.2) is 0 Å². The van der Waals surface area contributed by atoms with E-state index in [-0.39, 0.29) is 11.0 Å². The Labute approximate surface area is 97.8 Å². The summed E-state index contributed by atoms with van der Waals surface area (Å²) in [7, 11) is 0. The number of fused-ring (bicyclic) bond motifs is 1. The van der Waals surface area contributed by atoms with Crippen molar-refractivity contribution in [3.8, 4) is 0 Å². The quantitative estimate of drug-likeness (QED) is 0.793. The highest BCUT2D eigenvalue weighted by Crippen LogP contribution is 2.35. The van der Waals surface area contributed by atoms with Crippen LogP contribution < -0.4 is 11.4 Å². The van der Waals surface area contributed by atoms with Crippen LogP contribution in [-0.2, 0) is 6.18 Å². The minimum absolute atomic E-state index is 0.250. The predicted octanol–water partition coefficient (Wildman–Crippen LogP) is 1.91. The number of carbonyl (C=O) groups excluding carboxylic acids is 1. The van der Waals surface area contributed by atoms with Crippen molar-refractivity contribution < 1.29 is 22.4 Å². The molecule has 1 aromatic carbocycles. The zero-order chi connectivity index (χ0) is 13.5. The number of para-hydroxylation sites is 1. The predicted molar refractivity (Wildman–Crippen MR) is 56.0 cm³/mol. The molecule has 0 aliphatic rings. The summed E-state index contributed by atoms with van der Waals surface area (Å²) in [5.74, 6) is -1.47. The third-order valence-electron chi connectivity index (χ3n) is 2.34. The van der Waals surface area contributed by atoms with Crippen LogP contribution in [0.1, 0.15) is 15.9 Å². The second kappa shape index (κ2) is 3.86. The molecule has 2 rings (SSSR count). The zero-order valence-corrected chi connectivity index (χ0v) is 8.75. The van der Waals surface area contributed by atoms with Gasteiger partial charge < -0.3 is 10.2 Å². The average Bonchev–Trinajstić information content (AvgIpc) is 2.25. The fourth-order valence-corrected chi connectivity index (χ4v) is 1.67. The summed E-state index contributed by atoms with van der Waals surface area (Å²) in [4.78, 5) is 22.4. The van der Waals surface area contributed by atoms with Crippen LogP contribution in [0, 0.1) is 0 Å². The highest BCUT2D eigenvalue weighted by Gasteiger charge is 2.39. The first-order chi connectivity index (χ1) is 8.32. The van der Waals surface area contributed by atoms with Gasteiger partial charge in [0.25, 0.3) is 5.91 Å². The summed E-state index contributed by atoms with van der Waals surface area (Å²) in [5.41, 5.74) is 0.620. The molecule has 0 radical (unpaired) electrons. The van der Waals surface area contributed by atoms with E-state index in [2.05, 4.69) is 4.42 Å². The SMILES string of the molecule is NC(=O)c1c(C(F)(F)F)c2ccccc2oc1=O. The molecule has 1 heterocycles. The molecule has 2 N–H and O–H groups in total. The summed E-state index contributed by atoms with van der Waals surface area (Å²) >= 11 is 0. The van der Waals surface area contributed by atoms with Gasteiger partial charge in [-0.05, 0) is 6.07 Å². The number of benzene rings is 1. The van der Waals surface area contributed by atoms with Crippen LogP contribution in [0.3, 0.4) is 0 Å². The van der Waals surface area contributed by atoms with Crippen molar-refractivity contribution in [1.82, 2.24) is 0 Å². The lowest BCUT2D eigenvalue weighted by Crippen LogP contribution is -2.27. The summed E-state index contributed by atoms with van der Waals surface area (Å²) in [6.45, 7) is 0. The standard InChI is InChI=1S/C11H6F3NO3/c12-11(13,14)8-5-3-1-2-4-6(5)18-10(17)7(8)9(15)16/h1-4H,(H2,15,16). The van der Waals surface area contributed by atoms with E-state index >= 15 is 0 Å². The maximum atomic E-state index is 12.9. The normalized spacial score (nSPS) is 11.7. The van der Waals surface area contributed by atoms with Gasteiger partial charge in [-0.2, -0.15) is 13.2 Å². The molecule has 0 saturated carbocycles. The molecule has 7 heteroatoms. The molecule has 0 bridgehead atoms. The van der Waals surface area contributed by atoms with Gasteiger partial charge >= 0.3 is 11.8 Å². The van der Waals surface area contributed by atoms with Crippen LogP contribution in [0.4, 0.5) is 13.2 Å². The second-order valence-electron chi connectivity index (χ2n) is 3.50. The van der Waals surface area contributed by atoms with Crippen LogP contribution in [0.2, 0.25) is 0 Å². The van der Waals surface area contributed by atoms with E-state index in [9.17, 15) is 22.8 Å². The maximum absolute atomic E-state index is 12.9. The first kappa shape index (κ1) is 12.2. The van der Waals surface area contributed by atoms with Crippen molar-refractivity contribution in [3.63, 3.8) is 0 Å². The molecular weight excluding hydrogens is 251 g/mol. The topological polar surface area (TPSA) is 73.3 Å². The van der Waals surface area contributed by atoms with Crippen molar-refractivity contribution >= 4 is 16.9 Å². The monoisotopic (exact) mass is 257 g/mol. The lowest BCUT2D eigenvalue weighted by atomic mass is 10.0. The molecule has 2 aromatic rings. The van der Waals surface area contributed by atoms with Gasteiger partial charge in [-0.15, -0.1) is 0 Å².